The monoisotopic (exact) mass is 597 g/mol. The first kappa shape index (κ1) is 36.5. The summed E-state index contributed by atoms with van der Waals surface area (Å²) in [5.74, 6) is -0.274. The number of hydrogen-bond donors (Lipinski definition) is 1. The van der Waals surface area contributed by atoms with Crippen LogP contribution in [0, 0.1) is 17.3 Å². The van der Waals surface area contributed by atoms with Gasteiger partial charge in [-0.25, -0.2) is 14.4 Å². The van der Waals surface area contributed by atoms with Crippen LogP contribution in [0.5, 0.6) is 11.5 Å². The minimum Gasteiger partial charge on any atom is -0.461 e. The zero-order valence-electron chi connectivity index (χ0n) is 26.1. The molecule has 0 amide bonds. The van der Waals surface area contributed by atoms with Crippen LogP contribution in [0.3, 0.4) is 0 Å². The zero-order valence-corrected chi connectivity index (χ0v) is 26.1. The molecule has 0 radical (unpaired) electrons. The maximum Gasteiger partial charge on any atom is 0.513 e. The second-order valence-electron chi connectivity index (χ2n) is 12.0. The quantitative estimate of drug-likeness (QED) is 0.147. The first-order valence-electron chi connectivity index (χ1n) is 14.1. The highest BCUT2D eigenvalue weighted by Crippen LogP contribution is 2.30. The number of nitrogens with two attached hydrogens (primary N) is 1. The van der Waals surface area contributed by atoms with Crippen LogP contribution in [0.2, 0.25) is 0 Å². The van der Waals surface area contributed by atoms with Crippen molar-refractivity contribution in [1.29, 1.82) is 0 Å². The predicted molar refractivity (Wildman–Crippen MR) is 153 cm³/mol. The van der Waals surface area contributed by atoms with Crippen molar-refractivity contribution in [1.82, 2.24) is 0 Å². The first-order chi connectivity index (χ1) is 19.6. The third-order valence-corrected chi connectivity index (χ3v) is 5.36. The smallest absolute Gasteiger partial charge is 0.461 e. The van der Waals surface area contributed by atoms with Crippen molar-refractivity contribution in [3.8, 4) is 11.5 Å². The van der Waals surface area contributed by atoms with Crippen molar-refractivity contribution in [2.45, 2.75) is 86.8 Å². The molecule has 0 bridgehead atoms. The van der Waals surface area contributed by atoms with Crippen molar-refractivity contribution < 1.29 is 52.3 Å². The summed E-state index contributed by atoms with van der Waals surface area (Å²) in [6.45, 7) is 15.5. The molecule has 12 heteroatoms. The van der Waals surface area contributed by atoms with E-state index in [0.29, 0.717) is 30.2 Å². The standard InChI is InChI=1S/C30H47NO11/c1-19(2)11-13-36-27(33)41-24-10-9-22(16-25(24)42-28(34)37-14-12-20(3)4)15-23(31)26(32)38-17-21(5)40-29(35)39-18-30(6,7)8/h9-10,16,19-21,23H,11-15,17-18,31H2,1-8H3/t21-,23-/m0/s1. The van der Waals surface area contributed by atoms with Gasteiger partial charge in [0.05, 0.1) is 19.8 Å². The SMILES string of the molecule is CC(C)CCOC(=O)Oc1ccc(C[C@H](N)C(=O)OC[C@H](C)OC(=O)OCC(C)(C)C)cc1OC(=O)OCCC(C)C. The van der Waals surface area contributed by atoms with Crippen LogP contribution in [-0.4, -0.2) is 63.0 Å². The molecule has 0 aliphatic heterocycles. The maximum atomic E-state index is 12.5. The van der Waals surface area contributed by atoms with Crippen LogP contribution in [-0.2, 0) is 34.9 Å². The van der Waals surface area contributed by atoms with Gasteiger partial charge in [-0.15, -0.1) is 0 Å². The van der Waals surface area contributed by atoms with Crippen LogP contribution in [0.15, 0.2) is 18.2 Å². The van der Waals surface area contributed by atoms with E-state index in [2.05, 4.69) is 0 Å². The molecule has 1 rings (SSSR count). The molecule has 0 aliphatic rings. The molecule has 0 fully saturated rings. The molecule has 0 saturated heterocycles. The number of esters is 1. The van der Waals surface area contributed by atoms with E-state index >= 15 is 0 Å². The Kier molecular flexibility index (Phi) is 15.7. The predicted octanol–water partition coefficient (Wildman–Crippen LogP) is 5.81. The van der Waals surface area contributed by atoms with Gasteiger partial charge in [-0.2, -0.15) is 0 Å². The fourth-order valence-electron chi connectivity index (χ4n) is 2.99. The lowest BCUT2D eigenvalue weighted by molar-refractivity contribution is -0.148. The molecule has 0 saturated carbocycles. The summed E-state index contributed by atoms with van der Waals surface area (Å²) in [5.41, 5.74) is 6.30. The molecule has 0 heterocycles. The highest BCUT2D eigenvalue weighted by Gasteiger charge is 2.22. The minimum absolute atomic E-state index is 0.000429. The van der Waals surface area contributed by atoms with E-state index in [1.807, 2.05) is 48.5 Å². The molecule has 0 aromatic heterocycles. The summed E-state index contributed by atoms with van der Waals surface area (Å²) in [5, 5.41) is 0. The number of benzene rings is 1. The largest absolute Gasteiger partial charge is 0.513 e. The van der Waals surface area contributed by atoms with Crippen molar-refractivity contribution >= 4 is 24.4 Å². The minimum atomic E-state index is -1.09. The van der Waals surface area contributed by atoms with E-state index in [1.54, 1.807) is 13.0 Å². The Morgan fingerprint density at radius 1 is 0.762 bits per heavy atom. The molecule has 0 aliphatic carbocycles. The van der Waals surface area contributed by atoms with Gasteiger partial charge in [0.1, 0.15) is 18.8 Å². The number of carbonyl (C=O) groups is 4. The Morgan fingerprint density at radius 2 is 1.31 bits per heavy atom. The van der Waals surface area contributed by atoms with Crippen LogP contribution in [0.4, 0.5) is 14.4 Å². The first-order valence-corrected chi connectivity index (χ1v) is 14.1. The van der Waals surface area contributed by atoms with E-state index < -0.39 is 36.6 Å². The summed E-state index contributed by atoms with van der Waals surface area (Å²) in [4.78, 5) is 48.7. The highest BCUT2D eigenvalue weighted by atomic mass is 16.7. The summed E-state index contributed by atoms with van der Waals surface area (Å²) in [6, 6.07) is 3.26. The van der Waals surface area contributed by atoms with Gasteiger partial charge in [0, 0.05) is 0 Å². The van der Waals surface area contributed by atoms with Crippen LogP contribution < -0.4 is 15.2 Å². The lowest BCUT2D eigenvalue weighted by Crippen LogP contribution is -2.36. The Morgan fingerprint density at radius 3 is 1.83 bits per heavy atom. The summed E-state index contributed by atoms with van der Waals surface area (Å²) >= 11 is 0. The molecule has 2 atom stereocenters. The number of hydrogen-bond acceptors (Lipinski definition) is 12. The van der Waals surface area contributed by atoms with Gasteiger partial charge in [-0.05, 0) is 61.1 Å². The van der Waals surface area contributed by atoms with Crippen LogP contribution >= 0.6 is 0 Å². The molecule has 12 nitrogen and oxygen atoms in total. The second-order valence-corrected chi connectivity index (χ2v) is 12.0. The van der Waals surface area contributed by atoms with E-state index in [0.717, 1.165) is 0 Å². The summed E-state index contributed by atoms with van der Waals surface area (Å²) < 4.78 is 36.0. The third-order valence-electron chi connectivity index (χ3n) is 5.36. The average Bonchev–Trinajstić information content (AvgIpc) is 2.86. The van der Waals surface area contributed by atoms with Crippen molar-refractivity contribution in [2.75, 3.05) is 26.4 Å². The molecule has 1 aromatic carbocycles. The lowest BCUT2D eigenvalue weighted by Gasteiger charge is -2.19. The topological polar surface area (TPSA) is 159 Å². The number of carbonyl (C=O) groups excluding carboxylic acids is 4. The molecule has 2 N–H and O–H groups in total. The molecule has 0 spiro atoms. The number of rotatable bonds is 15. The van der Waals surface area contributed by atoms with Gasteiger partial charge in [0.15, 0.2) is 11.5 Å². The molecular formula is C30H47NO11. The third kappa shape index (κ3) is 16.7. The fourth-order valence-corrected chi connectivity index (χ4v) is 2.99. The van der Waals surface area contributed by atoms with Gasteiger partial charge >= 0.3 is 24.4 Å². The average molecular weight is 598 g/mol. The van der Waals surface area contributed by atoms with E-state index in [1.165, 1.54) is 12.1 Å². The van der Waals surface area contributed by atoms with E-state index in [9.17, 15) is 19.2 Å². The molecule has 1 aromatic rings. The highest BCUT2D eigenvalue weighted by molar-refractivity contribution is 5.76. The normalized spacial score (nSPS) is 12.7. The Labute approximate surface area is 248 Å². The summed E-state index contributed by atoms with van der Waals surface area (Å²) in [6.07, 6.45) is -2.27. The Bertz CT molecular complexity index is 1020. The Balaban J connectivity index is 2.81. The van der Waals surface area contributed by atoms with E-state index in [4.69, 9.17) is 38.9 Å². The Hall–Kier alpha value is -3.54. The summed E-state index contributed by atoms with van der Waals surface area (Å²) in [7, 11) is 0. The van der Waals surface area contributed by atoms with Gasteiger partial charge in [0.25, 0.3) is 0 Å². The van der Waals surface area contributed by atoms with Crippen LogP contribution in [0.25, 0.3) is 0 Å². The number of ether oxygens (including phenoxy) is 7. The zero-order chi connectivity index (χ0) is 31.9. The van der Waals surface area contributed by atoms with Gasteiger partial charge in [-0.1, -0.05) is 54.5 Å². The molecule has 0 unspecified atom stereocenters. The molecule has 42 heavy (non-hydrogen) atoms. The van der Waals surface area contributed by atoms with Gasteiger partial charge in [-0.3, -0.25) is 4.79 Å². The van der Waals surface area contributed by atoms with Crippen LogP contribution in [0.1, 0.15) is 73.8 Å². The molecule has 238 valence electrons. The van der Waals surface area contributed by atoms with Crippen molar-refractivity contribution in [2.24, 2.45) is 23.0 Å². The second kappa shape index (κ2) is 18.1. The van der Waals surface area contributed by atoms with Gasteiger partial charge < -0.3 is 38.9 Å². The lowest BCUT2D eigenvalue weighted by atomic mass is 9.99. The van der Waals surface area contributed by atoms with Gasteiger partial charge in [0.2, 0.25) is 0 Å². The van der Waals surface area contributed by atoms with Crippen molar-refractivity contribution in [3.05, 3.63) is 23.8 Å². The molecular weight excluding hydrogens is 550 g/mol. The van der Waals surface area contributed by atoms with Crippen molar-refractivity contribution in [3.63, 3.8) is 0 Å². The fraction of sp³-hybridized carbons (Fsp3) is 0.667. The van der Waals surface area contributed by atoms with E-state index in [-0.39, 0.29) is 49.8 Å². The maximum absolute atomic E-state index is 12.5.